The molecule has 2 aromatic rings. The zero-order valence-electron chi connectivity index (χ0n) is 15.4. The summed E-state index contributed by atoms with van der Waals surface area (Å²) < 4.78 is 5.77. The van der Waals surface area contributed by atoms with Crippen LogP contribution in [0.1, 0.15) is 36.5 Å². The van der Waals surface area contributed by atoms with Crippen LogP contribution in [0, 0.1) is 0 Å². The number of aliphatic hydroxyl groups excluding tert-OH is 1. The molecule has 0 unspecified atom stereocenters. The number of hydrogen-bond donors (Lipinski definition) is 3. The lowest BCUT2D eigenvalue weighted by Gasteiger charge is -2.44. The normalized spacial score (nSPS) is 24.8. The van der Waals surface area contributed by atoms with E-state index < -0.39 is 11.7 Å². The van der Waals surface area contributed by atoms with Crippen molar-refractivity contribution in [2.45, 2.75) is 43.4 Å². The van der Waals surface area contributed by atoms with Crippen LogP contribution in [0.4, 0.5) is 0 Å². The van der Waals surface area contributed by atoms with Crippen LogP contribution >= 0.6 is 0 Å². The van der Waals surface area contributed by atoms with Gasteiger partial charge >= 0.3 is 0 Å². The van der Waals surface area contributed by atoms with Crippen molar-refractivity contribution in [3.05, 3.63) is 59.7 Å². The number of aliphatic hydroxyl groups is 2. The molecule has 1 fully saturated rings. The fourth-order valence-corrected chi connectivity index (χ4v) is 4.21. The highest BCUT2D eigenvalue weighted by atomic mass is 16.5. The minimum Gasteiger partial charge on any atom is -0.508 e. The van der Waals surface area contributed by atoms with Crippen LogP contribution in [0.15, 0.2) is 48.5 Å². The van der Waals surface area contributed by atoms with E-state index in [9.17, 15) is 15.3 Å². The Kier molecular flexibility index (Phi) is 5.08. The maximum absolute atomic E-state index is 11.0. The number of phenols is 1. The first-order valence-electron chi connectivity index (χ1n) is 9.68. The second-order valence-electron chi connectivity index (χ2n) is 7.79. The summed E-state index contributed by atoms with van der Waals surface area (Å²) in [4.78, 5) is 2.22. The van der Waals surface area contributed by atoms with Gasteiger partial charge in [-0.15, -0.1) is 0 Å². The van der Waals surface area contributed by atoms with Crippen molar-refractivity contribution in [2.24, 2.45) is 0 Å². The first-order chi connectivity index (χ1) is 13.0. The number of hydrogen-bond acceptors (Lipinski definition) is 5. The number of aromatic hydroxyl groups is 1. The molecule has 5 heteroatoms. The van der Waals surface area contributed by atoms with E-state index in [0.717, 1.165) is 25.9 Å². The standard InChI is InChI=1S/C22H27NO4/c24-17-6-7-18-20(14-17)27-15-19(21(18)25)23-12-10-22(26,11-13-23)9-8-16-4-2-1-3-5-16/h1-7,14,19,21,24-26H,8-13,15H2/t19-,21+/m0/s1. The highest BCUT2D eigenvalue weighted by Gasteiger charge is 2.39. The van der Waals surface area contributed by atoms with Gasteiger partial charge in [-0.3, -0.25) is 4.90 Å². The summed E-state index contributed by atoms with van der Waals surface area (Å²) in [5.74, 6) is 0.691. The lowest BCUT2D eigenvalue weighted by Crippen LogP contribution is -2.53. The van der Waals surface area contributed by atoms with Gasteiger partial charge in [0.05, 0.1) is 11.6 Å². The van der Waals surface area contributed by atoms with Crippen molar-refractivity contribution in [2.75, 3.05) is 19.7 Å². The van der Waals surface area contributed by atoms with Gasteiger partial charge in [-0.1, -0.05) is 30.3 Å². The maximum atomic E-state index is 11.0. The van der Waals surface area contributed by atoms with Gasteiger partial charge < -0.3 is 20.1 Å². The van der Waals surface area contributed by atoms with Crippen molar-refractivity contribution in [1.82, 2.24) is 4.90 Å². The molecule has 5 nitrogen and oxygen atoms in total. The lowest BCUT2D eigenvalue weighted by atomic mass is 9.84. The van der Waals surface area contributed by atoms with Gasteiger partial charge in [0.1, 0.15) is 24.2 Å². The van der Waals surface area contributed by atoms with E-state index in [1.165, 1.54) is 5.56 Å². The summed E-state index contributed by atoms with van der Waals surface area (Å²) in [6.45, 7) is 1.87. The number of benzene rings is 2. The monoisotopic (exact) mass is 369 g/mol. The number of phenolic OH excluding ortho intramolecular Hbond substituents is 1. The SMILES string of the molecule is Oc1ccc2c(c1)OC[C@H](N1CCC(O)(CCc3ccccc3)CC1)[C@@H]2O. The Bertz CT molecular complexity index is 771. The van der Waals surface area contributed by atoms with E-state index in [2.05, 4.69) is 17.0 Å². The third-order valence-corrected chi connectivity index (χ3v) is 6.01. The van der Waals surface area contributed by atoms with Gasteiger partial charge in [0.2, 0.25) is 0 Å². The molecule has 2 aliphatic rings. The molecule has 1 saturated heterocycles. The Balaban J connectivity index is 1.35. The number of fused-ring (bicyclic) bond motifs is 1. The summed E-state index contributed by atoms with van der Waals surface area (Å²) in [5, 5.41) is 31.3. The van der Waals surface area contributed by atoms with Gasteiger partial charge in [-0.05, 0) is 43.4 Å². The van der Waals surface area contributed by atoms with Crippen molar-refractivity contribution in [3.63, 3.8) is 0 Å². The molecule has 4 rings (SSSR count). The molecule has 0 saturated carbocycles. The number of nitrogens with zero attached hydrogens (tertiary/aromatic N) is 1. The zero-order valence-corrected chi connectivity index (χ0v) is 15.4. The van der Waals surface area contributed by atoms with Crippen molar-refractivity contribution in [1.29, 1.82) is 0 Å². The average Bonchev–Trinajstić information content (AvgIpc) is 2.69. The minimum atomic E-state index is -0.648. The molecule has 0 bridgehead atoms. The molecule has 3 N–H and O–H groups in total. The molecule has 0 spiro atoms. The summed E-state index contributed by atoms with van der Waals surface area (Å²) in [6, 6.07) is 15.0. The first kappa shape index (κ1) is 18.3. The third kappa shape index (κ3) is 3.95. The van der Waals surface area contributed by atoms with Crippen molar-refractivity contribution >= 4 is 0 Å². The Labute approximate surface area is 159 Å². The number of aryl methyl sites for hydroxylation is 1. The smallest absolute Gasteiger partial charge is 0.128 e. The number of piperidine rings is 1. The van der Waals surface area contributed by atoms with Gasteiger partial charge in [0.15, 0.2) is 0 Å². The minimum absolute atomic E-state index is 0.124. The quantitative estimate of drug-likeness (QED) is 0.773. The third-order valence-electron chi connectivity index (χ3n) is 6.01. The Morgan fingerprint density at radius 1 is 1.07 bits per heavy atom. The molecule has 2 aliphatic heterocycles. The van der Waals surface area contributed by atoms with Gasteiger partial charge in [0.25, 0.3) is 0 Å². The first-order valence-corrected chi connectivity index (χ1v) is 9.68. The van der Waals surface area contributed by atoms with Crippen LogP contribution in [0.3, 0.4) is 0 Å². The maximum Gasteiger partial charge on any atom is 0.128 e. The molecule has 0 aliphatic carbocycles. The van der Waals surface area contributed by atoms with Gasteiger partial charge in [0, 0.05) is 24.7 Å². The van der Waals surface area contributed by atoms with Crippen LogP contribution in [-0.4, -0.2) is 51.6 Å². The molecule has 2 heterocycles. The predicted molar refractivity (Wildman–Crippen MR) is 103 cm³/mol. The molecule has 2 aromatic carbocycles. The van der Waals surface area contributed by atoms with Crippen LogP contribution in [0.5, 0.6) is 11.5 Å². The second kappa shape index (κ2) is 7.50. The van der Waals surface area contributed by atoms with Crippen molar-refractivity contribution in [3.8, 4) is 11.5 Å². The molecule has 0 amide bonds. The van der Waals surface area contributed by atoms with E-state index >= 15 is 0 Å². The average molecular weight is 369 g/mol. The summed E-state index contributed by atoms with van der Waals surface area (Å²) >= 11 is 0. The zero-order chi connectivity index (χ0) is 18.9. The molecule has 144 valence electrons. The van der Waals surface area contributed by atoms with Gasteiger partial charge in [-0.2, -0.15) is 0 Å². The van der Waals surface area contributed by atoms with Crippen LogP contribution in [0.25, 0.3) is 0 Å². The molecule has 0 aromatic heterocycles. The highest BCUT2D eigenvalue weighted by Crippen LogP contribution is 2.38. The van der Waals surface area contributed by atoms with Gasteiger partial charge in [-0.25, -0.2) is 0 Å². The van der Waals surface area contributed by atoms with E-state index in [0.29, 0.717) is 30.8 Å². The summed E-state index contributed by atoms with van der Waals surface area (Å²) in [6.07, 6.45) is 2.39. The fraction of sp³-hybridized carbons (Fsp3) is 0.455. The molecule has 27 heavy (non-hydrogen) atoms. The van der Waals surface area contributed by atoms with Crippen LogP contribution in [-0.2, 0) is 6.42 Å². The number of ether oxygens (including phenoxy) is 1. The van der Waals surface area contributed by atoms with E-state index in [1.54, 1.807) is 18.2 Å². The summed E-state index contributed by atoms with van der Waals surface area (Å²) in [7, 11) is 0. The highest BCUT2D eigenvalue weighted by molar-refractivity contribution is 5.43. The Morgan fingerprint density at radius 2 is 1.81 bits per heavy atom. The van der Waals surface area contributed by atoms with Crippen LogP contribution < -0.4 is 4.74 Å². The van der Waals surface area contributed by atoms with E-state index in [-0.39, 0.29) is 11.8 Å². The molecular weight excluding hydrogens is 342 g/mol. The molecular formula is C22H27NO4. The van der Waals surface area contributed by atoms with Crippen LogP contribution in [0.2, 0.25) is 0 Å². The Hall–Kier alpha value is -2.08. The summed E-state index contributed by atoms with van der Waals surface area (Å²) in [5.41, 5.74) is 1.33. The largest absolute Gasteiger partial charge is 0.508 e. The number of rotatable bonds is 4. The Morgan fingerprint density at radius 3 is 2.56 bits per heavy atom. The topological polar surface area (TPSA) is 73.2 Å². The van der Waals surface area contributed by atoms with Crippen molar-refractivity contribution < 1.29 is 20.1 Å². The fourth-order valence-electron chi connectivity index (χ4n) is 4.21. The molecule has 2 atom stereocenters. The number of likely N-dealkylation sites (tertiary alicyclic amines) is 1. The van der Waals surface area contributed by atoms with E-state index in [1.807, 2.05) is 18.2 Å². The molecule has 0 radical (unpaired) electrons. The van der Waals surface area contributed by atoms with E-state index in [4.69, 9.17) is 4.74 Å². The second-order valence-corrected chi connectivity index (χ2v) is 7.79. The predicted octanol–water partition coefficient (Wildman–Crippen LogP) is 2.65. The lowest BCUT2D eigenvalue weighted by molar-refractivity contribution is -0.0663.